The van der Waals surface area contributed by atoms with Crippen LogP contribution in [0.15, 0.2) is 42.5 Å². The third-order valence-electron chi connectivity index (χ3n) is 6.26. The minimum Gasteiger partial charge on any atom is -0.352 e. The molecule has 1 atom stereocenters. The van der Waals surface area contributed by atoms with Crippen LogP contribution in [0.4, 0.5) is 10.1 Å². The molecule has 1 fully saturated rings. The molecule has 0 bridgehead atoms. The van der Waals surface area contributed by atoms with E-state index in [1.807, 2.05) is 0 Å². The third kappa shape index (κ3) is 7.33. The summed E-state index contributed by atoms with van der Waals surface area (Å²) in [6, 6.07) is 9.18. The molecule has 1 aliphatic rings. The van der Waals surface area contributed by atoms with Gasteiger partial charge in [0.1, 0.15) is 18.4 Å². The van der Waals surface area contributed by atoms with Crippen LogP contribution in [0.5, 0.6) is 0 Å². The van der Waals surface area contributed by atoms with Crippen molar-refractivity contribution in [1.29, 1.82) is 0 Å². The lowest BCUT2D eigenvalue weighted by Gasteiger charge is -2.33. The normalized spacial score (nSPS) is 15.2. The minimum absolute atomic E-state index is 0.00873. The minimum atomic E-state index is -3.94. The standard InChI is InChI=1S/C25H30Cl2FN3O4S/c1-17(25(33)29-20-7-4-3-5-8-20)30(15-18-11-13-19(28)14-12-18)23(32)16-31(36(2,34)35)22-10-6-9-21(26)24(22)27/h6,9-14,17,20H,3-5,7-8,15-16H2,1-2H3,(H,29,33). The van der Waals surface area contributed by atoms with Crippen molar-refractivity contribution in [1.82, 2.24) is 10.2 Å². The second-order valence-corrected chi connectivity index (χ2v) is 11.7. The van der Waals surface area contributed by atoms with Crippen LogP contribution in [0.2, 0.25) is 10.0 Å². The van der Waals surface area contributed by atoms with Crippen LogP contribution in [0.25, 0.3) is 0 Å². The van der Waals surface area contributed by atoms with Crippen molar-refractivity contribution in [2.75, 3.05) is 17.1 Å². The predicted octanol–water partition coefficient (Wildman–Crippen LogP) is 4.76. The van der Waals surface area contributed by atoms with Crippen molar-refractivity contribution in [3.8, 4) is 0 Å². The fourth-order valence-corrected chi connectivity index (χ4v) is 5.52. The second kappa shape index (κ2) is 12.3. The zero-order chi connectivity index (χ0) is 26.5. The maximum atomic E-state index is 13.6. The summed E-state index contributed by atoms with van der Waals surface area (Å²) in [4.78, 5) is 28.0. The average molecular weight is 559 g/mol. The number of benzene rings is 2. The summed E-state index contributed by atoms with van der Waals surface area (Å²) in [6.45, 7) is 0.983. The second-order valence-electron chi connectivity index (χ2n) is 9.01. The largest absolute Gasteiger partial charge is 0.352 e. The molecule has 1 saturated carbocycles. The van der Waals surface area contributed by atoms with Gasteiger partial charge in [-0.15, -0.1) is 0 Å². The Balaban J connectivity index is 1.89. The number of anilines is 1. The van der Waals surface area contributed by atoms with E-state index in [1.54, 1.807) is 6.92 Å². The maximum absolute atomic E-state index is 13.6. The van der Waals surface area contributed by atoms with Gasteiger partial charge in [-0.2, -0.15) is 0 Å². The van der Waals surface area contributed by atoms with E-state index in [2.05, 4.69) is 5.32 Å². The molecule has 196 valence electrons. The van der Waals surface area contributed by atoms with Crippen LogP contribution in [-0.2, 0) is 26.2 Å². The molecule has 0 radical (unpaired) electrons. The lowest BCUT2D eigenvalue weighted by atomic mass is 9.95. The van der Waals surface area contributed by atoms with Crippen molar-refractivity contribution in [2.24, 2.45) is 0 Å². The Morgan fingerprint density at radius 3 is 2.33 bits per heavy atom. The summed E-state index contributed by atoms with van der Waals surface area (Å²) < 4.78 is 39.6. The summed E-state index contributed by atoms with van der Waals surface area (Å²) in [5, 5.41) is 3.15. The van der Waals surface area contributed by atoms with E-state index in [4.69, 9.17) is 23.2 Å². The number of rotatable bonds is 9. The van der Waals surface area contributed by atoms with Gasteiger partial charge in [0, 0.05) is 12.6 Å². The highest BCUT2D eigenvalue weighted by Crippen LogP contribution is 2.33. The highest BCUT2D eigenvalue weighted by atomic mass is 35.5. The summed E-state index contributed by atoms with van der Waals surface area (Å²) in [5.74, 6) is -1.38. The first-order valence-electron chi connectivity index (χ1n) is 11.7. The number of carbonyl (C=O) groups excluding carboxylic acids is 2. The smallest absolute Gasteiger partial charge is 0.244 e. The fraction of sp³-hybridized carbons (Fsp3) is 0.440. The number of nitrogens with zero attached hydrogens (tertiary/aromatic N) is 2. The Kier molecular flexibility index (Phi) is 9.60. The zero-order valence-corrected chi connectivity index (χ0v) is 22.5. The molecule has 7 nitrogen and oxygen atoms in total. The van der Waals surface area contributed by atoms with E-state index < -0.39 is 34.3 Å². The number of hydrogen-bond acceptors (Lipinski definition) is 4. The molecule has 2 aromatic rings. The SMILES string of the molecule is CC(C(=O)NC1CCCCC1)N(Cc1ccc(F)cc1)C(=O)CN(c1cccc(Cl)c1Cl)S(C)(=O)=O. The molecule has 1 aliphatic carbocycles. The van der Waals surface area contributed by atoms with Crippen molar-refractivity contribution >= 4 is 50.7 Å². The van der Waals surface area contributed by atoms with Gasteiger partial charge < -0.3 is 10.2 Å². The maximum Gasteiger partial charge on any atom is 0.244 e. The van der Waals surface area contributed by atoms with Gasteiger partial charge >= 0.3 is 0 Å². The number of sulfonamides is 1. The highest BCUT2D eigenvalue weighted by Gasteiger charge is 2.32. The van der Waals surface area contributed by atoms with Crippen molar-refractivity contribution in [3.63, 3.8) is 0 Å². The molecule has 2 amide bonds. The monoisotopic (exact) mass is 557 g/mol. The van der Waals surface area contributed by atoms with Crippen molar-refractivity contribution < 1.29 is 22.4 Å². The number of amides is 2. The molecule has 0 aromatic heterocycles. The third-order valence-corrected chi connectivity index (χ3v) is 8.20. The zero-order valence-electron chi connectivity index (χ0n) is 20.2. The van der Waals surface area contributed by atoms with E-state index in [0.29, 0.717) is 5.56 Å². The fourth-order valence-electron chi connectivity index (χ4n) is 4.22. The molecular weight excluding hydrogens is 528 g/mol. The van der Waals surface area contributed by atoms with Gasteiger partial charge in [-0.05, 0) is 49.6 Å². The summed E-state index contributed by atoms with van der Waals surface area (Å²) in [5.41, 5.74) is 0.648. The molecule has 1 unspecified atom stereocenters. The van der Waals surface area contributed by atoms with Gasteiger partial charge in [0.05, 0.1) is 22.0 Å². The summed E-state index contributed by atoms with van der Waals surface area (Å²) in [6.07, 6.45) is 5.90. The molecule has 3 rings (SSSR count). The summed E-state index contributed by atoms with van der Waals surface area (Å²) >= 11 is 12.3. The molecule has 0 heterocycles. The lowest BCUT2D eigenvalue weighted by Crippen LogP contribution is -2.53. The first-order chi connectivity index (χ1) is 17.0. The van der Waals surface area contributed by atoms with E-state index in [-0.39, 0.29) is 34.2 Å². The topological polar surface area (TPSA) is 86.8 Å². The van der Waals surface area contributed by atoms with Crippen LogP contribution in [0.1, 0.15) is 44.6 Å². The number of halogens is 3. The van der Waals surface area contributed by atoms with Gasteiger partial charge in [-0.1, -0.05) is 60.7 Å². The van der Waals surface area contributed by atoms with Crippen LogP contribution in [-0.4, -0.2) is 50.0 Å². The van der Waals surface area contributed by atoms with E-state index in [0.717, 1.165) is 42.7 Å². The Hall–Kier alpha value is -2.36. The van der Waals surface area contributed by atoms with Crippen molar-refractivity contribution in [3.05, 3.63) is 63.9 Å². The van der Waals surface area contributed by atoms with Crippen LogP contribution >= 0.6 is 23.2 Å². The quantitative estimate of drug-likeness (QED) is 0.481. The first-order valence-corrected chi connectivity index (χ1v) is 14.3. The molecule has 2 aromatic carbocycles. The Labute approximate surface area is 221 Å². The van der Waals surface area contributed by atoms with E-state index in [9.17, 15) is 22.4 Å². The number of carbonyl (C=O) groups is 2. The Morgan fingerprint density at radius 2 is 1.72 bits per heavy atom. The van der Waals surface area contributed by atoms with Gasteiger partial charge in [-0.25, -0.2) is 12.8 Å². The molecule has 0 saturated heterocycles. The molecule has 36 heavy (non-hydrogen) atoms. The van der Waals surface area contributed by atoms with E-state index >= 15 is 0 Å². The van der Waals surface area contributed by atoms with Gasteiger partial charge in [0.25, 0.3) is 0 Å². The molecule has 11 heteroatoms. The molecular formula is C25H30Cl2FN3O4S. The Morgan fingerprint density at radius 1 is 1.08 bits per heavy atom. The number of hydrogen-bond donors (Lipinski definition) is 1. The van der Waals surface area contributed by atoms with Gasteiger partial charge in [0.15, 0.2) is 0 Å². The molecule has 0 spiro atoms. The van der Waals surface area contributed by atoms with Crippen molar-refractivity contribution in [2.45, 2.75) is 57.7 Å². The predicted molar refractivity (Wildman–Crippen MR) is 140 cm³/mol. The average Bonchev–Trinajstić information content (AvgIpc) is 2.83. The van der Waals surface area contributed by atoms with Gasteiger partial charge in [-0.3, -0.25) is 13.9 Å². The van der Waals surface area contributed by atoms with Crippen LogP contribution in [0, 0.1) is 5.82 Å². The summed E-state index contributed by atoms with van der Waals surface area (Å²) in [7, 11) is -3.94. The van der Waals surface area contributed by atoms with Gasteiger partial charge in [0.2, 0.25) is 21.8 Å². The van der Waals surface area contributed by atoms with Crippen LogP contribution < -0.4 is 9.62 Å². The van der Waals surface area contributed by atoms with Crippen LogP contribution in [0.3, 0.4) is 0 Å². The first kappa shape index (κ1) is 28.2. The molecule has 0 aliphatic heterocycles. The Bertz CT molecular complexity index is 1190. The van der Waals surface area contributed by atoms with E-state index in [1.165, 1.54) is 47.4 Å². The molecule has 1 N–H and O–H groups in total. The number of nitrogens with one attached hydrogen (secondary N) is 1. The highest BCUT2D eigenvalue weighted by molar-refractivity contribution is 7.92. The lowest BCUT2D eigenvalue weighted by molar-refractivity contribution is -0.139.